The van der Waals surface area contributed by atoms with E-state index in [1.165, 1.54) is 50.6 Å². The van der Waals surface area contributed by atoms with Crippen LogP contribution in [0.2, 0.25) is 10.6 Å². The topological polar surface area (TPSA) is 470 Å². The van der Waals surface area contributed by atoms with Gasteiger partial charge in [-0.2, -0.15) is 47.0 Å². The summed E-state index contributed by atoms with van der Waals surface area (Å²) in [5.41, 5.74) is -0.427. The number of aryl methyl sites for hydroxylation is 1. The number of aliphatic imine (C=N–C) groups is 2. The van der Waals surface area contributed by atoms with Gasteiger partial charge in [0.05, 0.1) is 46.8 Å². The molecule has 0 aliphatic carbocycles. The summed E-state index contributed by atoms with van der Waals surface area (Å²) in [7, 11) is -17.9. The molecule has 0 bridgehead atoms. The second-order valence-electron chi connectivity index (χ2n) is 18.0. The van der Waals surface area contributed by atoms with Gasteiger partial charge in [-0.15, -0.1) is 10.2 Å². The molecule has 0 aliphatic rings. The molecule has 2 aromatic heterocycles. The van der Waals surface area contributed by atoms with Crippen molar-refractivity contribution in [2.24, 2.45) is 40.4 Å². The van der Waals surface area contributed by atoms with E-state index in [2.05, 4.69) is 70.3 Å². The number of methoxy groups -OCH3 is 2. The van der Waals surface area contributed by atoms with Crippen molar-refractivity contribution in [2.45, 2.75) is 40.4 Å². The minimum Gasteiger partial charge on any atom is -0.862 e. The Hall–Kier alpha value is -5.36. The van der Waals surface area contributed by atoms with E-state index in [1.54, 1.807) is 25.1 Å². The van der Waals surface area contributed by atoms with Crippen LogP contribution in [0, 0.1) is 6.92 Å². The Balaban J connectivity index is 0.00000376. The van der Waals surface area contributed by atoms with Gasteiger partial charge in [-0.3, -0.25) is 19.1 Å². The average Bonchev–Trinajstić information content (AvgIpc) is 0.803. The van der Waals surface area contributed by atoms with Crippen molar-refractivity contribution in [3.05, 3.63) is 130 Å². The molecular weight excluding hydrogens is 1360 g/mol. The van der Waals surface area contributed by atoms with Crippen LogP contribution < -0.4 is 149 Å². The molecular formula is C51H36Cl2N14Na4O16S4. The molecule has 0 unspecified atom stereocenters. The van der Waals surface area contributed by atoms with E-state index in [1.807, 2.05) is 0 Å². The van der Waals surface area contributed by atoms with Crippen LogP contribution in [0.3, 0.4) is 0 Å². The molecule has 91 heavy (non-hydrogen) atoms. The number of ether oxygens (including phenoxy) is 2. The molecule has 0 fully saturated rings. The SMILES string of the molecule is COc1cc(N=Nc2cc(S(=O)(=O)O)c3cccc(S(=O)(=O)[O-])c3c2)c(N=C(C)[O-])cc1N=c1nc(Cl)nc(-c2ccc(C)cc2-c2nc(Cl)nc(=Nc3cc(N=C(C)[O-])c(N=Nc4cc(S(=O)(=O)O)c5cccc(S(=O)(=O)[O-])c5c4)cc3OC)[nH]2)[nH]1.[Na+].[Na+].[Na+].[Na+]. The predicted molar refractivity (Wildman–Crippen MR) is 306 cm³/mol. The number of aromatic nitrogens is 6. The van der Waals surface area contributed by atoms with Gasteiger partial charge in [0.1, 0.15) is 75.9 Å². The Labute approximate surface area is 614 Å². The van der Waals surface area contributed by atoms with E-state index < -0.39 is 71.8 Å². The van der Waals surface area contributed by atoms with Gasteiger partial charge in [0, 0.05) is 44.8 Å². The van der Waals surface area contributed by atoms with Gasteiger partial charge in [0.2, 0.25) is 21.8 Å². The second-order valence-corrected chi connectivity index (χ2v) is 24.1. The van der Waals surface area contributed by atoms with Crippen LogP contribution >= 0.6 is 23.2 Å². The monoisotopic (exact) mass is 1390 g/mol. The maximum atomic E-state index is 12.5. The predicted octanol–water partition coefficient (Wildman–Crippen LogP) is -4.37. The van der Waals surface area contributed by atoms with Crippen molar-refractivity contribution in [1.29, 1.82) is 0 Å². The summed E-state index contributed by atoms with van der Waals surface area (Å²) in [6.45, 7) is 4.04. The van der Waals surface area contributed by atoms with Gasteiger partial charge in [-0.1, -0.05) is 42.0 Å². The molecule has 30 nitrogen and oxygen atoms in total. The maximum Gasteiger partial charge on any atom is 1.00 e. The average molecular weight is 1390 g/mol. The third-order valence-corrected chi connectivity index (χ3v) is 15.9. The molecule has 9 rings (SSSR count). The minimum absolute atomic E-state index is 0. The molecule has 40 heteroatoms. The van der Waals surface area contributed by atoms with E-state index in [0.29, 0.717) is 16.7 Å². The number of benzene rings is 7. The summed E-state index contributed by atoms with van der Waals surface area (Å²) in [4.78, 5) is 37.2. The van der Waals surface area contributed by atoms with Crippen molar-refractivity contribution < 1.29 is 190 Å². The molecule has 0 amide bonds. The summed E-state index contributed by atoms with van der Waals surface area (Å²) in [6, 6.07) is 20.5. The molecule has 0 saturated heterocycles. The smallest absolute Gasteiger partial charge is 0.862 e. The van der Waals surface area contributed by atoms with Gasteiger partial charge < -0.3 is 38.8 Å². The Kier molecular flexibility index (Phi) is 25.8. The summed E-state index contributed by atoms with van der Waals surface area (Å²) >= 11 is 13.1. The van der Waals surface area contributed by atoms with E-state index in [9.17, 15) is 62.1 Å². The fourth-order valence-electron chi connectivity index (χ4n) is 8.48. The van der Waals surface area contributed by atoms with Crippen molar-refractivity contribution in [1.82, 2.24) is 29.9 Å². The van der Waals surface area contributed by atoms with Crippen molar-refractivity contribution in [3.63, 3.8) is 0 Å². The first-order valence-corrected chi connectivity index (χ1v) is 30.5. The molecule has 0 saturated carbocycles. The van der Waals surface area contributed by atoms with E-state index in [0.717, 1.165) is 62.4 Å². The molecule has 0 radical (unpaired) electrons. The number of nitrogens with zero attached hydrogens (tertiary/aromatic N) is 12. The van der Waals surface area contributed by atoms with Crippen molar-refractivity contribution >= 4 is 143 Å². The van der Waals surface area contributed by atoms with Gasteiger partial charge in [0.25, 0.3) is 20.2 Å². The third-order valence-electron chi connectivity index (χ3n) is 12.0. The fraction of sp³-hybridized carbons (Fsp3) is 0.0980. The first kappa shape index (κ1) is 76.4. The summed E-state index contributed by atoms with van der Waals surface area (Å²) < 4.78 is 154. The van der Waals surface area contributed by atoms with Crippen LogP contribution in [-0.4, -0.2) is 108 Å². The Morgan fingerprint density at radius 1 is 0.484 bits per heavy atom. The van der Waals surface area contributed by atoms with Crippen LogP contribution in [0.5, 0.6) is 11.5 Å². The summed E-state index contributed by atoms with van der Waals surface area (Å²) in [5.74, 6) is -1.40. The number of nitrogens with one attached hydrogen (secondary N) is 2. The normalized spacial score (nSPS) is 12.8. The van der Waals surface area contributed by atoms with Crippen LogP contribution in [0.1, 0.15) is 19.4 Å². The van der Waals surface area contributed by atoms with Crippen LogP contribution in [0.15, 0.2) is 163 Å². The van der Waals surface area contributed by atoms with E-state index in [4.69, 9.17) is 32.7 Å². The molecule has 9 aromatic rings. The first-order valence-electron chi connectivity index (χ1n) is 24.1. The zero-order chi connectivity index (χ0) is 63.1. The molecule has 0 aliphatic heterocycles. The van der Waals surface area contributed by atoms with Gasteiger partial charge in [-0.05, 0) is 110 Å². The summed E-state index contributed by atoms with van der Waals surface area (Å²) in [6.07, 6.45) is 0. The third kappa shape index (κ3) is 18.3. The molecule has 4 N–H and O–H groups in total. The molecule has 448 valence electrons. The number of rotatable bonds is 16. The van der Waals surface area contributed by atoms with Crippen LogP contribution in [0.4, 0.5) is 45.5 Å². The standard InChI is InChI=1S/C51H40Cl2N14O16S4.4Na/c1-23-12-13-30(46-58-48(52)62-50(60-46)56-38-19-34(54-24(2)68)36(21-40(38)82-4)66-64-26-15-31-28(44(17-26)86(76,77)78)8-6-10-42(31)84(70,71)72)33(14-23)47-59-49(53)63-51(61-47)57-39-20-35(55-25(3)69)37(22-41(39)83-5)67-65-27-16-32-29(45(18-27)87(79,80)81)9-7-11-43(32)85(73,74)75;;;;/h6-22H,1-5H3,(H,54,68)(H,55,69)(H,70,71,72)(H,73,74,75)(H,76,77,78)(H,79,80,81)(H,56,58,60,62)(H,57,59,61,63);;;;/q;4*+1/p-4. The van der Waals surface area contributed by atoms with Crippen molar-refractivity contribution in [3.8, 4) is 34.3 Å². The van der Waals surface area contributed by atoms with E-state index >= 15 is 0 Å². The zero-order valence-corrected chi connectivity index (χ0v) is 61.5. The number of azo groups is 2. The minimum atomic E-state index is -5.17. The largest absolute Gasteiger partial charge is 1.00 e. The zero-order valence-electron chi connectivity index (χ0n) is 48.7. The number of hydrogen-bond acceptors (Lipinski definition) is 26. The van der Waals surface area contributed by atoms with Crippen LogP contribution in [0.25, 0.3) is 44.3 Å². The number of H-pyrrole nitrogens is 2. The number of aromatic amines is 2. The Morgan fingerprint density at radius 3 is 1.24 bits per heavy atom. The van der Waals surface area contributed by atoms with Gasteiger partial charge >= 0.3 is 118 Å². The quantitative estimate of drug-likeness (QED) is 0.0233. The summed E-state index contributed by atoms with van der Waals surface area (Å²) in [5, 5.41) is 39.2. The molecule has 7 aromatic carbocycles. The molecule has 0 spiro atoms. The maximum absolute atomic E-state index is 12.5. The Morgan fingerprint density at radius 2 is 0.879 bits per heavy atom. The van der Waals surface area contributed by atoms with Gasteiger partial charge in [0.15, 0.2) is 0 Å². The molecule has 2 heterocycles. The number of hydrogen-bond donors (Lipinski definition) is 4. The molecule has 0 atom stereocenters. The number of fused-ring (bicyclic) bond motifs is 2. The van der Waals surface area contributed by atoms with Gasteiger partial charge in [-0.25, -0.2) is 26.8 Å². The second kappa shape index (κ2) is 30.8. The van der Waals surface area contributed by atoms with E-state index in [-0.39, 0.29) is 230 Å². The number of halogens is 2. The fourth-order valence-corrected chi connectivity index (χ4v) is 11.6. The van der Waals surface area contributed by atoms with Crippen LogP contribution in [-0.2, 0) is 40.5 Å². The van der Waals surface area contributed by atoms with Crippen molar-refractivity contribution in [2.75, 3.05) is 14.2 Å². The first-order chi connectivity index (χ1) is 40.9. The Bertz CT molecular complexity index is 5160.